The average Bonchev–Trinajstić information content (AvgIpc) is 3.07. The summed E-state index contributed by atoms with van der Waals surface area (Å²) in [6.07, 6.45) is -6.64. The predicted octanol–water partition coefficient (Wildman–Crippen LogP) is 3.72. The van der Waals surface area contributed by atoms with E-state index in [2.05, 4.69) is 15.6 Å². The van der Waals surface area contributed by atoms with Crippen LogP contribution in [0.1, 0.15) is 23.0 Å². The van der Waals surface area contributed by atoms with Crippen LogP contribution in [0.2, 0.25) is 10.0 Å². The van der Waals surface area contributed by atoms with Gasteiger partial charge in [-0.25, -0.2) is 9.78 Å². The molecule has 0 aliphatic carbocycles. The molecule has 6 nitrogen and oxygen atoms in total. The van der Waals surface area contributed by atoms with Gasteiger partial charge in [0, 0.05) is 5.02 Å². The molecule has 0 bridgehead atoms. The van der Waals surface area contributed by atoms with E-state index in [9.17, 15) is 22.8 Å². The summed E-state index contributed by atoms with van der Waals surface area (Å²) in [5.74, 6) is -0.691. The number of rotatable bonds is 4. The van der Waals surface area contributed by atoms with Gasteiger partial charge in [0.1, 0.15) is 0 Å². The first-order valence-electron chi connectivity index (χ1n) is 7.89. The molecular formula is C17H12Cl2F3N3O3. The number of ether oxygens (including phenoxy) is 1. The third kappa shape index (κ3) is 4.48. The molecule has 2 atom stereocenters. The summed E-state index contributed by atoms with van der Waals surface area (Å²) in [6, 6.07) is 7.39. The van der Waals surface area contributed by atoms with E-state index in [1.54, 1.807) is 0 Å². The highest BCUT2D eigenvalue weighted by Gasteiger charge is 2.37. The molecular weight excluding hydrogens is 422 g/mol. The van der Waals surface area contributed by atoms with Gasteiger partial charge in [0.05, 0.1) is 23.3 Å². The standard InChI is InChI=1S/C17H12Cl2F3N3O3/c18-9-3-1-8(2-4-9)13(25-15(26)12-7-23-16(27)28-12)11-6-5-10(19)14(24-11)17(20,21)22/h1-6,12-13H,7H2,(H,23,27)(H,25,26)/t12-,13?/m0/s1. The van der Waals surface area contributed by atoms with Crippen LogP contribution in [0, 0.1) is 0 Å². The molecule has 2 aromatic rings. The second-order valence-electron chi connectivity index (χ2n) is 5.83. The molecule has 1 saturated heterocycles. The topological polar surface area (TPSA) is 80.3 Å². The van der Waals surface area contributed by atoms with Crippen molar-refractivity contribution in [2.75, 3.05) is 6.54 Å². The van der Waals surface area contributed by atoms with Crippen molar-refractivity contribution in [3.63, 3.8) is 0 Å². The van der Waals surface area contributed by atoms with Crippen LogP contribution in [0.25, 0.3) is 0 Å². The van der Waals surface area contributed by atoms with Crippen LogP contribution in [0.4, 0.5) is 18.0 Å². The molecule has 1 aliphatic rings. The number of carbonyl (C=O) groups excluding carboxylic acids is 2. The number of hydrogen-bond acceptors (Lipinski definition) is 4. The normalized spacial score (nSPS) is 17.6. The number of halogens is 5. The highest BCUT2D eigenvalue weighted by molar-refractivity contribution is 6.31. The lowest BCUT2D eigenvalue weighted by atomic mass is 10.0. The van der Waals surface area contributed by atoms with Crippen LogP contribution in [0.15, 0.2) is 36.4 Å². The second-order valence-corrected chi connectivity index (χ2v) is 6.68. The van der Waals surface area contributed by atoms with Crippen LogP contribution < -0.4 is 10.6 Å². The second kappa shape index (κ2) is 7.84. The molecule has 1 aromatic heterocycles. The van der Waals surface area contributed by atoms with E-state index >= 15 is 0 Å². The van der Waals surface area contributed by atoms with E-state index in [1.165, 1.54) is 30.3 Å². The van der Waals surface area contributed by atoms with E-state index in [4.69, 9.17) is 27.9 Å². The maximum atomic E-state index is 13.2. The number of cyclic esters (lactones) is 1. The van der Waals surface area contributed by atoms with Gasteiger partial charge in [-0.1, -0.05) is 35.3 Å². The number of nitrogens with zero attached hydrogens (tertiary/aromatic N) is 1. The molecule has 11 heteroatoms. The molecule has 1 aliphatic heterocycles. The minimum absolute atomic E-state index is 0.0557. The molecule has 148 valence electrons. The van der Waals surface area contributed by atoms with Gasteiger partial charge in [-0.05, 0) is 29.8 Å². The zero-order valence-corrected chi connectivity index (χ0v) is 15.4. The Kier molecular flexibility index (Phi) is 5.66. The monoisotopic (exact) mass is 433 g/mol. The summed E-state index contributed by atoms with van der Waals surface area (Å²) in [5, 5.41) is 4.73. The first kappa shape index (κ1) is 20.2. The molecule has 0 spiro atoms. The number of pyridine rings is 1. The maximum Gasteiger partial charge on any atom is 0.434 e. The minimum atomic E-state index is -4.77. The summed E-state index contributed by atoms with van der Waals surface area (Å²) in [7, 11) is 0. The van der Waals surface area contributed by atoms with Crippen molar-refractivity contribution >= 4 is 35.2 Å². The zero-order valence-electron chi connectivity index (χ0n) is 13.9. The smallest absolute Gasteiger partial charge is 0.434 e. The fraction of sp³-hybridized carbons (Fsp3) is 0.235. The highest BCUT2D eigenvalue weighted by Crippen LogP contribution is 2.34. The lowest BCUT2D eigenvalue weighted by Gasteiger charge is -2.21. The first-order chi connectivity index (χ1) is 13.1. The third-order valence-corrected chi connectivity index (χ3v) is 4.45. The van der Waals surface area contributed by atoms with Gasteiger partial charge >= 0.3 is 12.3 Å². The molecule has 2 N–H and O–H groups in total. The Balaban J connectivity index is 1.98. The summed E-state index contributed by atoms with van der Waals surface area (Å²) in [6.45, 7) is -0.0557. The van der Waals surface area contributed by atoms with Crippen molar-refractivity contribution in [2.24, 2.45) is 0 Å². The number of aromatic nitrogens is 1. The quantitative estimate of drug-likeness (QED) is 0.769. The van der Waals surface area contributed by atoms with Gasteiger partial charge in [-0.2, -0.15) is 13.2 Å². The molecule has 0 saturated carbocycles. The van der Waals surface area contributed by atoms with E-state index < -0.39 is 41.0 Å². The molecule has 1 aromatic carbocycles. The molecule has 2 heterocycles. The highest BCUT2D eigenvalue weighted by atomic mass is 35.5. The third-order valence-electron chi connectivity index (χ3n) is 3.90. The van der Waals surface area contributed by atoms with Crippen molar-refractivity contribution in [1.82, 2.24) is 15.6 Å². The number of hydrogen-bond donors (Lipinski definition) is 2. The summed E-state index contributed by atoms with van der Waals surface area (Å²) < 4.78 is 44.4. The number of alkyl carbamates (subject to hydrolysis) is 1. The summed E-state index contributed by atoms with van der Waals surface area (Å²) in [5.41, 5.74) is -0.934. The van der Waals surface area contributed by atoms with Crippen molar-refractivity contribution in [3.8, 4) is 0 Å². The van der Waals surface area contributed by atoms with Gasteiger partial charge in [-0.3, -0.25) is 4.79 Å². The Bertz CT molecular complexity index is 907. The average molecular weight is 434 g/mol. The Morgan fingerprint density at radius 1 is 1.21 bits per heavy atom. The van der Waals surface area contributed by atoms with Crippen molar-refractivity contribution in [1.29, 1.82) is 0 Å². The Hall–Kier alpha value is -2.52. The van der Waals surface area contributed by atoms with Gasteiger partial charge in [0.2, 0.25) is 0 Å². The number of benzene rings is 1. The fourth-order valence-corrected chi connectivity index (χ4v) is 2.91. The van der Waals surface area contributed by atoms with Crippen LogP contribution in [0.3, 0.4) is 0 Å². The van der Waals surface area contributed by atoms with Crippen LogP contribution in [0.5, 0.6) is 0 Å². The fourth-order valence-electron chi connectivity index (χ4n) is 2.57. The number of amides is 2. The number of alkyl halides is 3. The van der Waals surface area contributed by atoms with Crippen LogP contribution >= 0.6 is 23.2 Å². The lowest BCUT2D eigenvalue weighted by Crippen LogP contribution is -2.39. The minimum Gasteiger partial charge on any atom is -0.434 e. The largest absolute Gasteiger partial charge is 0.434 e. The molecule has 1 unspecified atom stereocenters. The van der Waals surface area contributed by atoms with Gasteiger partial charge in [0.25, 0.3) is 5.91 Å². The number of nitrogens with one attached hydrogen (secondary N) is 2. The van der Waals surface area contributed by atoms with E-state index in [0.29, 0.717) is 10.6 Å². The van der Waals surface area contributed by atoms with Crippen molar-refractivity contribution in [3.05, 3.63) is 63.4 Å². The zero-order chi connectivity index (χ0) is 20.5. The van der Waals surface area contributed by atoms with Crippen LogP contribution in [-0.4, -0.2) is 29.6 Å². The number of carbonyl (C=O) groups is 2. The summed E-state index contributed by atoms with van der Waals surface area (Å²) in [4.78, 5) is 27.2. The van der Waals surface area contributed by atoms with E-state index in [0.717, 1.165) is 6.07 Å². The van der Waals surface area contributed by atoms with Crippen LogP contribution in [-0.2, 0) is 15.7 Å². The summed E-state index contributed by atoms with van der Waals surface area (Å²) >= 11 is 11.5. The maximum absolute atomic E-state index is 13.2. The Morgan fingerprint density at radius 3 is 2.46 bits per heavy atom. The lowest BCUT2D eigenvalue weighted by molar-refractivity contribution is -0.141. The molecule has 0 radical (unpaired) electrons. The van der Waals surface area contributed by atoms with Gasteiger partial charge in [-0.15, -0.1) is 0 Å². The Labute approximate surface area is 167 Å². The molecule has 2 amide bonds. The molecule has 1 fully saturated rings. The van der Waals surface area contributed by atoms with Gasteiger partial charge < -0.3 is 15.4 Å². The van der Waals surface area contributed by atoms with E-state index in [1.807, 2.05) is 0 Å². The van der Waals surface area contributed by atoms with E-state index in [-0.39, 0.29) is 12.2 Å². The Morgan fingerprint density at radius 2 is 1.89 bits per heavy atom. The SMILES string of the molecule is O=C1NC[C@@H](C(=O)NC(c2ccc(Cl)cc2)c2ccc(Cl)c(C(F)(F)F)n2)O1. The first-order valence-corrected chi connectivity index (χ1v) is 8.64. The van der Waals surface area contributed by atoms with Gasteiger partial charge in [0.15, 0.2) is 11.8 Å². The predicted molar refractivity (Wildman–Crippen MR) is 94.0 cm³/mol. The van der Waals surface area contributed by atoms with Crippen molar-refractivity contribution < 1.29 is 27.5 Å². The van der Waals surface area contributed by atoms with Crippen molar-refractivity contribution in [2.45, 2.75) is 18.3 Å². The molecule has 3 rings (SSSR count). The molecule has 28 heavy (non-hydrogen) atoms.